The van der Waals surface area contributed by atoms with Crippen LogP contribution in [-0.2, 0) is 15.4 Å². The number of rotatable bonds is 3. The minimum atomic E-state index is -3.65. The molecule has 0 saturated carbocycles. The van der Waals surface area contributed by atoms with Crippen LogP contribution in [0.25, 0.3) is 11.1 Å². The average Bonchev–Trinajstić information content (AvgIpc) is 2.85. The predicted molar refractivity (Wildman–Crippen MR) is 94.7 cm³/mol. The van der Waals surface area contributed by atoms with Crippen LogP contribution < -0.4 is 4.72 Å². The number of sulfonamides is 1. The molecule has 6 heteroatoms. The van der Waals surface area contributed by atoms with E-state index in [1.165, 1.54) is 0 Å². The molecule has 0 bridgehead atoms. The van der Waals surface area contributed by atoms with E-state index >= 15 is 0 Å². The molecular weight excluding hydrogens is 324 g/mol. The third-order valence-electron chi connectivity index (χ3n) is 3.78. The Labute approximate surface area is 141 Å². The second-order valence-corrected chi connectivity index (χ2v) is 8.48. The standard InChI is InChI=1S/C18H20N2O3S/c1-12-19-16-11-14(7-10-17(16)23-12)20-24(21,22)15-8-5-13(6-9-15)18(2,3)4/h5-11,20H,1-4H3. The molecule has 2 aromatic carbocycles. The van der Waals surface area contributed by atoms with Crippen LogP contribution in [0.2, 0.25) is 0 Å². The Morgan fingerprint density at radius 1 is 1.04 bits per heavy atom. The highest BCUT2D eigenvalue weighted by atomic mass is 32.2. The summed E-state index contributed by atoms with van der Waals surface area (Å²) in [6, 6.07) is 12.0. The predicted octanol–water partition coefficient (Wildman–Crippen LogP) is 4.23. The number of nitrogens with one attached hydrogen (secondary N) is 1. The molecule has 1 heterocycles. The van der Waals surface area contributed by atoms with Crippen molar-refractivity contribution in [1.82, 2.24) is 4.98 Å². The van der Waals surface area contributed by atoms with Crippen molar-refractivity contribution in [1.29, 1.82) is 0 Å². The lowest BCUT2D eigenvalue weighted by atomic mass is 9.87. The summed E-state index contributed by atoms with van der Waals surface area (Å²) >= 11 is 0. The van der Waals surface area contributed by atoms with Crippen LogP contribution in [0, 0.1) is 6.92 Å². The molecule has 1 aromatic heterocycles. The maximum absolute atomic E-state index is 12.5. The number of benzene rings is 2. The van der Waals surface area contributed by atoms with E-state index in [0.29, 0.717) is 22.7 Å². The van der Waals surface area contributed by atoms with E-state index in [1.807, 2.05) is 12.1 Å². The van der Waals surface area contributed by atoms with Gasteiger partial charge in [0, 0.05) is 6.92 Å². The van der Waals surface area contributed by atoms with E-state index in [-0.39, 0.29) is 10.3 Å². The van der Waals surface area contributed by atoms with Gasteiger partial charge in [0.05, 0.1) is 10.6 Å². The van der Waals surface area contributed by atoms with Gasteiger partial charge in [0.25, 0.3) is 10.0 Å². The average molecular weight is 344 g/mol. The second-order valence-electron chi connectivity index (χ2n) is 6.80. The number of hydrogen-bond donors (Lipinski definition) is 1. The molecular formula is C18H20N2O3S. The van der Waals surface area contributed by atoms with Crippen molar-refractivity contribution in [3.8, 4) is 0 Å². The van der Waals surface area contributed by atoms with Gasteiger partial charge in [-0.25, -0.2) is 13.4 Å². The topological polar surface area (TPSA) is 72.2 Å². The third-order valence-corrected chi connectivity index (χ3v) is 5.17. The summed E-state index contributed by atoms with van der Waals surface area (Å²) in [6.07, 6.45) is 0. The van der Waals surface area contributed by atoms with Gasteiger partial charge in [0.15, 0.2) is 11.5 Å². The van der Waals surface area contributed by atoms with Gasteiger partial charge in [-0.05, 0) is 41.3 Å². The maximum Gasteiger partial charge on any atom is 0.261 e. The lowest BCUT2D eigenvalue weighted by molar-refractivity contribution is 0.561. The highest BCUT2D eigenvalue weighted by molar-refractivity contribution is 7.92. The molecule has 0 atom stereocenters. The molecule has 0 aliphatic rings. The minimum absolute atomic E-state index is 0.0223. The van der Waals surface area contributed by atoms with Crippen molar-refractivity contribution in [2.24, 2.45) is 0 Å². The maximum atomic E-state index is 12.5. The van der Waals surface area contributed by atoms with Gasteiger partial charge < -0.3 is 4.42 Å². The molecule has 3 rings (SSSR count). The molecule has 0 aliphatic carbocycles. The van der Waals surface area contributed by atoms with Crippen LogP contribution in [0.15, 0.2) is 51.8 Å². The van der Waals surface area contributed by atoms with E-state index < -0.39 is 10.0 Å². The van der Waals surface area contributed by atoms with Crippen LogP contribution in [0.3, 0.4) is 0 Å². The molecule has 24 heavy (non-hydrogen) atoms. The zero-order valence-electron chi connectivity index (χ0n) is 14.1. The summed E-state index contributed by atoms with van der Waals surface area (Å²) in [5.74, 6) is 0.544. The van der Waals surface area contributed by atoms with E-state index in [4.69, 9.17) is 4.42 Å². The van der Waals surface area contributed by atoms with Crippen LogP contribution in [0.5, 0.6) is 0 Å². The van der Waals surface area contributed by atoms with Gasteiger partial charge in [-0.15, -0.1) is 0 Å². The summed E-state index contributed by atoms with van der Waals surface area (Å²) in [5, 5.41) is 0. The molecule has 0 fully saturated rings. The number of oxazole rings is 1. The molecule has 0 amide bonds. The van der Waals surface area contributed by atoms with Crippen LogP contribution >= 0.6 is 0 Å². The Kier molecular flexibility index (Phi) is 3.87. The third kappa shape index (κ3) is 3.28. The Morgan fingerprint density at radius 3 is 2.33 bits per heavy atom. The Balaban J connectivity index is 1.89. The van der Waals surface area contributed by atoms with Crippen LogP contribution in [0.1, 0.15) is 32.2 Å². The smallest absolute Gasteiger partial charge is 0.261 e. The molecule has 0 spiro atoms. The number of anilines is 1. The fourth-order valence-electron chi connectivity index (χ4n) is 2.45. The first-order valence-electron chi connectivity index (χ1n) is 7.66. The lowest BCUT2D eigenvalue weighted by Gasteiger charge is -2.19. The fraction of sp³-hybridized carbons (Fsp3) is 0.278. The van der Waals surface area contributed by atoms with Crippen molar-refractivity contribution in [2.75, 3.05) is 4.72 Å². The molecule has 0 aliphatic heterocycles. The van der Waals surface area contributed by atoms with Crippen LogP contribution in [0.4, 0.5) is 5.69 Å². The summed E-state index contributed by atoms with van der Waals surface area (Å²) < 4.78 is 33.1. The summed E-state index contributed by atoms with van der Waals surface area (Å²) in [4.78, 5) is 4.44. The van der Waals surface area contributed by atoms with Crippen molar-refractivity contribution >= 4 is 26.8 Å². The zero-order valence-corrected chi connectivity index (χ0v) is 14.9. The van der Waals surface area contributed by atoms with Gasteiger partial charge in [0.2, 0.25) is 0 Å². The van der Waals surface area contributed by atoms with Crippen molar-refractivity contribution in [3.63, 3.8) is 0 Å². The monoisotopic (exact) mass is 344 g/mol. The largest absolute Gasteiger partial charge is 0.441 e. The number of aryl methyl sites for hydroxylation is 1. The summed E-state index contributed by atoms with van der Waals surface area (Å²) in [6.45, 7) is 8.01. The highest BCUT2D eigenvalue weighted by Gasteiger charge is 2.18. The first-order chi connectivity index (χ1) is 11.1. The van der Waals surface area contributed by atoms with Crippen molar-refractivity contribution in [3.05, 3.63) is 53.9 Å². The second kappa shape index (κ2) is 5.63. The number of aromatic nitrogens is 1. The Hall–Kier alpha value is -2.34. The van der Waals surface area contributed by atoms with Gasteiger partial charge in [-0.1, -0.05) is 32.9 Å². The first kappa shape index (κ1) is 16.5. The number of fused-ring (bicyclic) bond motifs is 1. The Morgan fingerprint density at radius 2 is 1.71 bits per heavy atom. The normalized spacial score (nSPS) is 12.5. The Bertz CT molecular complexity index is 981. The molecule has 0 radical (unpaired) electrons. The van der Waals surface area contributed by atoms with E-state index in [0.717, 1.165) is 5.56 Å². The summed E-state index contributed by atoms with van der Waals surface area (Å²) in [5.41, 5.74) is 2.77. The van der Waals surface area contributed by atoms with Gasteiger partial charge in [-0.3, -0.25) is 4.72 Å². The van der Waals surface area contributed by atoms with Crippen molar-refractivity contribution < 1.29 is 12.8 Å². The van der Waals surface area contributed by atoms with E-state index in [2.05, 4.69) is 30.5 Å². The van der Waals surface area contributed by atoms with Gasteiger partial charge in [0.1, 0.15) is 5.52 Å². The van der Waals surface area contributed by atoms with E-state index in [9.17, 15) is 8.42 Å². The zero-order chi connectivity index (χ0) is 17.5. The van der Waals surface area contributed by atoms with Crippen LogP contribution in [-0.4, -0.2) is 13.4 Å². The molecule has 3 aromatic rings. The quantitative estimate of drug-likeness (QED) is 0.771. The number of hydrogen-bond acceptors (Lipinski definition) is 4. The highest BCUT2D eigenvalue weighted by Crippen LogP contribution is 2.25. The summed E-state index contributed by atoms with van der Waals surface area (Å²) in [7, 11) is -3.65. The molecule has 1 N–H and O–H groups in total. The minimum Gasteiger partial charge on any atom is -0.441 e. The SMILES string of the molecule is Cc1nc2cc(NS(=O)(=O)c3ccc(C(C)(C)C)cc3)ccc2o1. The molecule has 5 nitrogen and oxygen atoms in total. The molecule has 0 unspecified atom stereocenters. The molecule has 0 saturated heterocycles. The van der Waals surface area contributed by atoms with Gasteiger partial charge >= 0.3 is 0 Å². The number of nitrogens with zero attached hydrogens (tertiary/aromatic N) is 1. The lowest BCUT2D eigenvalue weighted by Crippen LogP contribution is -2.14. The van der Waals surface area contributed by atoms with Gasteiger partial charge in [-0.2, -0.15) is 0 Å². The first-order valence-corrected chi connectivity index (χ1v) is 9.14. The fourth-order valence-corrected chi connectivity index (χ4v) is 3.50. The molecule has 126 valence electrons. The van der Waals surface area contributed by atoms with Crippen molar-refractivity contribution in [2.45, 2.75) is 38.0 Å². The van der Waals surface area contributed by atoms with E-state index in [1.54, 1.807) is 37.3 Å².